The fourth-order valence-corrected chi connectivity index (χ4v) is 5.18. The van der Waals surface area contributed by atoms with Gasteiger partial charge >= 0.3 is 0 Å². The Morgan fingerprint density at radius 2 is 1.83 bits per heavy atom. The molecule has 0 unspecified atom stereocenters. The molecule has 2 heterocycles. The van der Waals surface area contributed by atoms with E-state index in [4.69, 9.17) is 0 Å². The minimum Gasteiger partial charge on any atom is -0.339 e. The lowest BCUT2D eigenvalue weighted by molar-refractivity contribution is 0.454. The van der Waals surface area contributed by atoms with E-state index in [1.165, 1.54) is 29.0 Å². The van der Waals surface area contributed by atoms with Crippen molar-refractivity contribution in [3.05, 3.63) is 84.1 Å². The number of sulfonamides is 1. The van der Waals surface area contributed by atoms with Gasteiger partial charge in [-0.25, -0.2) is 17.8 Å². The number of halogens is 1. The number of rotatable bonds is 6. The van der Waals surface area contributed by atoms with Crippen LogP contribution in [-0.4, -0.2) is 41.4 Å². The highest BCUT2D eigenvalue weighted by atomic mass is 32.2. The molecule has 1 aromatic heterocycles. The number of aromatic nitrogens is 2. The van der Waals surface area contributed by atoms with E-state index in [1.54, 1.807) is 23.7 Å². The highest BCUT2D eigenvalue weighted by Crippen LogP contribution is 2.31. The summed E-state index contributed by atoms with van der Waals surface area (Å²) >= 11 is 0. The Morgan fingerprint density at radius 1 is 1.10 bits per heavy atom. The molecule has 3 aromatic rings. The normalized spacial score (nSPS) is 20.2. The molecule has 0 aliphatic carbocycles. The van der Waals surface area contributed by atoms with E-state index in [0.717, 1.165) is 11.1 Å². The summed E-state index contributed by atoms with van der Waals surface area (Å²) in [5.74, 6) is -0.392. The van der Waals surface area contributed by atoms with Gasteiger partial charge in [0, 0.05) is 44.8 Å². The second kappa shape index (κ2) is 8.06. The molecule has 0 amide bonds. The molecule has 1 N–H and O–H groups in total. The number of hydrogen-bond donors (Lipinski definition) is 1. The molecule has 4 rings (SSSR count). The Balaban J connectivity index is 1.59. The summed E-state index contributed by atoms with van der Waals surface area (Å²) in [6.07, 6.45) is 2.98. The maximum atomic E-state index is 13.4. The first-order valence-corrected chi connectivity index (χ1v) is 10.9. The van der Waals surface area contributed by atoms with Crippen molar-refractivity contribution in [2.24, 2.45) is 7.05 Å². The Labute approximate surface area is 170 Å². The third-order valence-electron chi connectivity index (χ3n) is 5.28. The smallest absolute Gasteiger partial charge is 0.262 e. The molecular weight excluding hydrogens is 391 g/mol. The van der Waals surface area contributed by atoms with E-state index < -0.39 is 10.0 Å². The van der Waals surface area contributed by atoms with E-state index in [2.05, 4.69) is 10.3 Å². The van der Waals surface area contributed by atoms with Crippen LogP contribution in [0.4, 0.5) is 4.39 Å². The number of benzene rings is 2. The van der Waals surface area contributed by atoms with Gasteiger partial charge in [0.1, 0.15) is 5.82 Å². The largest absolute Gasteiger partial charge is 0.339 e. The summed E-state index contributed by atoms with van der Waals surface area (Å²) in [6, 6.07) is 16.2. The highest BCUT2D eigenvalue weighted by Gasteiger charge is 2.40. The summed E-state index contributed by atoms with van der Waals surface area (Å²) in [5.41, 5.74) is 2.03. The number of nitrogens with one attached hydrogen (secondary N) is 1. The monoisotopic (exact) mass is 414 g/mol. The molecule has 2 aromatic carbocycles. The van der Waals surface area contributed by atoms with Crippen molar-refractivity contribution in [1.29, 1.82) is 0 Å². The predicted octanol–water partition coefficient (Wildman–Crippen LogP) is 2.51. The van der Waals surface area contributed by atoms with Gasteiger partial charge in [0.15, 0.2) is 5.03 Å². The number of imidazole rings is 1. The fraction of sp³-hybridized carbons (Fsp3) is 0.286. The lowest BCUT2D eigenvalue weighted by Gasteiger charge is -2.20. The first-order chi connectivity index (χ1) is 13.9. The molecule has 0 radical (unpaired) electrons. The van der Waals surface area contributed by atoms with Crippen molar-refractivity contribution in [1.82, 2.24) is 19.2 Å². The average Bonchev–Trinajstić information content (AvgIpc) is 3.35. The average molecular weight is 415 g/mol. The van der Waals surface area contributed by atoms with E-state index in [0.29, 0.717) is 19.6 Å². The second-order valence-corrected chi connectivity index (χ2v) is 9.22. The van der Waals surface area contributed by atoms with Gasteiger partial charge in [-0.2, -0.15) is 4.31 Å². The standard InChI is InChI=1S/C21H23FN4O2S/c1-25-14-21(24-15-25)29(27,28)26-12-19(17-7-9-18(22)10-8-17)20(13-26)23-11-16-5-3-2-4-6-16/h2-10,14-15,19-20,23H,11-13H2,1H3/t19-,20+/m0/s1. The topological polar surface area (TPSA) is 67.2 Å². The Hall–Kier alpha value is -2.55. The van der Waals surface area contributed by atoms with Gasteiger partial charge in [0.25, 0.3) is 10.0 Å². The number of nitrogens with zero attached hydrogens (tertiary/aromatic N) is 3. The van der Waals surface area contributed by atoms with Crippen molar-refractivity contribution >= 4 is 10.0 Å². The first kappa shape index (κ1) is 19.8. The molecule has 0 bridgehead atoms. The zero-order valence-corrected chi connectivity index (χ0v) is 16.9. The van der Waals surface area contributed by atoms with Crippen LogP contribution in [0.25, 0.3) is 0 Å². The minimum atomic E-state index is -3.70. The Kier molecular flexibility index (Phi) is 5.49. The van der Waals surface area contributed by atoms with Gasteiger partial charge in [-0.15, -0.1) is 0 Å². The molecule has 1 aliphatic rings. The van der Waals surface area contributed by atoms with Crippen LogP contribution >= 0.6 is 0 Å². The number of hydrogen-bond acceptors (Lipinski definition) is 4. The predicted molar refractivity (Wildman–Crippen MR) is 108 cm³/mol. The van der Waals surface area contributed by atoms with E-state index >= 15 is 0 Å². The molecule has 8 heteroatoms. The quantitative estimate of drug-likeness (QED) is 0.673. The lowest BCUT2D eigenvalue weighted by atomic mass is 9.94. The van der Waals surface area contributed by atoms with Crippen molar-refractivity contribution in [3.63, 3.8) is 0 Å². The van der Waals surface area contributed by atoms with Crippen molar-refractivity contribution in [3.8, 4) is 0 Å². The van der Waals surface area contributed by atoms with E-state index in [1.807, 2.05) is 30.3 Å². The van der Waals surface area contributed by atoms with Crippen LogP contribution in [0.2, 0.25) is 0 Å². The minimum absolute atomic E-state index is 0.0431. The van der Waals surface area contributed by atoms with Crippen LogP contribution in [0.3, 0.4) is 0 Å². The summed E-state index contributed by atoms with van der Waals surface area (Å²) in [5, 5.41) is 3.54. The van der Waals surface area contributed by atoms with Gasteiger partial charge in [0.2, 0.25) is 0 Å². The zero-order valence-electron chi connectivity index (χ0n) is 16.1. The van der Waals surface area contributed by atoms with Gasteiger partial charge < -0.3 is 9.88 Å². The molecule has 6 nitrogen and oxygen atoms in total. The molecule has 2 atom stereocenters. The fourth-order valence-electron chi connectivity index (χ4n) is 3.72. The Morgan fingerprint density at radius 3 is 2.48 bits per heavy atom. The molecule has 0 spiro atoms. The molecule has 29 heavy (non-hydrogen) atoms. The maximum absolute atomic E-state index is 13.4. The van der Waals surface area contributed by atoms with Crippen LogP contribution in [0, 0.1) is 5.82 Å². The SMILES string of the molecule is Cn1cnc(S(=O)(=O)N2C[C@@H](NCc3ccccc3)[C@H](c3ccc(F)cc3)C2)c1. The molecule has 1 aliphatic heterocycles. The van der Waals surface area contributed by atoms with Crippen LogP contribution < -0.4 is 5.32 Å². The third-order valence-corrected chi connectivity index (χ3v) is 7.00. The van der Waals surface area contributed by atoms with Crippen molar-refractivity contribution < 1.29 is 12.8 Å². The van der Waals surface area contributed by atoms with Gasteiger partial charge in [-0.3, -0.25) is 0 Å². The highest BCUT2D eigenvalue weighted by molar-refractivity contribution is 7.89. The molecule has 0 saturated carbocycles. The summed E-state index contributed by atoms with van der Waals surface area (Å²) in [7, 11) is -1.96. The van der Waals surface area contributed by atoms with Crippen LogP contribution in [0.15, 0.2) is 72.1 Å². The molecule has 1 saturated heterocycles. The molecule has 1 fully saturated rings. The van der Waals surface area contributed by atoms with E-state index in [-0.39, 0.29) is 22.8 Å². The maximum Gasteiger partial charge on any atom is 0.262 e. The van der Waals surface area contributed by atoms with Crippen LogP contribution in [0.1, 0.15) is 17.0 Å². The molecular formula is C21H23FN4O2S. The second-order valence-electron chi connectivity index (χ2n) is 7.33. The van der Waals surface area contributed by atoms with Crippen molar-refractivity contribution in [2.75, 3.05) is 13.1 Å². The lowest BCUT2D eigenvalue weighted by Crippen LogP contribution is -2.36. The third kappa shape index (κ3) is 4.24. The van der Waals surface area contributed by atoms with Crippen LogP contribution in [0.5, 0.6) is 0 Å². The van der Waals surface area contributed by atoms with E-state index in [9.17, 15) is 12.8 Å². The van der Waals surface area contributed by atoms with Gasteiger partial charge in [-0.1, -0.05) is 42.5 Å². The van der Waals surface area contributed by atoms with Crippen molar-refractivity contribution in [2.45, 2.75) is 23.5 Å². The summed E-state index contributed by atoms with van der Waals surface area (Å²) in [4.78, 5) is 4.02. The summed E-state index contributed by atoms with van der Waals surface area (Å²) in [6.45, 7) is 1.27. The first-order valence-electron chi connectivity index (χ1n) is 9.44. The van der Waals surface area contributed by atoms with Gasteiger partial charge in [-0.05, 0) is 23.3 Å². The molecule has 152 valence electrons. The van der Waals surface area contributed by atoms with Gasteiger partial charge in [0.05, 0.1) is 6.33 Å². The summed E-state index contributed by atoms with van der Waals surface area (Å²) < 4.78 is 42.6. The zero-order chi connectivity index (χ0) is 20.4. The Bertz CT molecular complexity index is 1070. The number of aryl methyl sites for hydroxylation is 1. The van der Waals surface area contributed by atoms with Crippen LogP contribution in [-0.2, 0) is 23.6 Å².